The van der Waals surface area contributed by atoms with E-state index in [0.717, 1.165) is 31.7 Å². The fraction of sp³-hybridized carbons (Fsp3) is 0.500. The largest absolute Gasteiger partial charge is 0.340 e. The van der Waals surface area contributed by atoms with Crippen molar-refractivity contribution in [2.75, 3.05) is 26.2 Å². The monoisotopic (exact) mass is 305 g/mol. The molecule has 0 spiro atoms. The number of hydrogen-bond donors (Lipinski definition) is 0. The van der Waals surface area contributed by atoms with Gasteiger partial charge in [-0.3, -0.25) is 9.69 Å². The molecule has 0 radical (unpaired) electrons. The van der Waals surface area contributed by atoms with Gasteiger partial charge in [0.05, 0.1) is 18.9 Å². The standard InChI is InChI=1S/C16H20ClN3O/c1-13(6-7-18)19-8-10-20(11-9-19)16(21)12-14-4-2-3-5-15(14)17/h2-5,13H,6,8-12H2,1H3/t13-/m0/s1. The minimum absolute atomic E-state index is 0.121. The molecule has 1 aromatic carbocycles. The number of carbonyl (C=O) groups is 1. The summed E-state index contributed by atoms with van der Waals surface area (Å²) >= 11 is 6.10. The molecule has 0 aliphatic carbocycles. The maximum atomic E-state index is 12.3. The number of halogens is 1. The van der Waals surface area contributed by atoms with Crippen LogP contribution in [0.2, 0.25) is 5.02 Å². The normalized spacial score (nSPS) is 17.3. The molecule has 0 saturated carbocycles. The Bertz CT molecular complexity index is 533. The summed E-state index contributed by atoms with van der Waals surface area (Å²) in [6.07, 6.45) is 0.890. The van der Waals surface area contributed by atoms with Crippen LogP contribution in [-0.2, 0) is 11.2 Å². The third-order valence-corrected chi connectivity index (χ3v) is 4.35. The quantitative estimate of drug-likeness (QED) is 0.858. The van der Waals surface area contributed by atoms with Gasteiger partial charge in [-0.1, -0.05) is 29.8 Å². The summed E-state index contributed by atoms with van der Waals surface area (Å²) in [6, 6.07) is 9.93. The van der Waals surface area contributed by atoms with Gasteiger partial charge in [0.2, 0.25) is 5.91 Å². The van der Waals surface area contributed by atoms with Crippen LogP contribution in [0.3, 0.4) is 0 Å². The zero-order valence-electron chi connectivity index (χ0n) is 12.3. The van der Waals surface area contributed by atoms with Gasteiger partial charge in [0.25, 0.3) is 0 Å². The fourth-order valence-electron chi connectivity index (χ4n) is 2.59. The minimum atomic E-state index is 0.121. The molecule has 1 fully saturated rings. The lowest BCUT2D eigenvalue weighted by Gasteiger charge is -2.37. The van der Waals surface area contributed by atoms with Gasteiger partial charge in [-0.25, -0.2) is 0 Å². The van der Waals surface area contributed by atoms with Crippen LogP contribution in [0.15, 0.2) is 24.3 Å². The van der Waals surface area contributed by atoms with Crippen LogP contribution in [0.5, 0.6) is 0 Å². The number of carbonyl (C=O) groups excluding carboxylic acids is 1. The lowest BCUT2D eigenvalue weighted by atomic mass is 10.1. The van der Waals surface area contributed by atoms with Gasteiger partial charge in [0.15, 0.2) is 0 Å². The number of nitriles is 1. The van der Waals surface area contributed by atoms with Crippen molar-refractivity contribution in [1.29, 1.82) is 5.26 Å². The number of amides is 1. The van der Waals surface area contributed by atoms with Gasteiger partial charge >= 0.3 is 0 Å². The third kappa shape index (κ3) is 4.20. The first-order valence-electron chi connectivity index (χ1n) is 7.24. The molecule has 1 amide bonds. The highest BCUT2D eigenvalue weighted by atomic mass is 35.5. The lowest BCUT2D eigenvalue weighted by molar-refractivity contribution is -0.132. The van der Waals surface area contributed by atoms with Gasteiger partial charge in [0, 0.05) is 37.2 Å². The van der Waals surface area contributed by atoms with Crippen molar-refractivity contribution in [3.63, 3.8) is 0 Å². The number of hydrogen-bond acceptors (Lipinski definition) is 3. The van der Waals surface area contributed by atoms with Crippen molar-refractivity contribution in [2.24, 2.45) is 0 Å². The molecule has 0 bridgehead atoms. The van der Waals surface area contributed by atoms with E-state index in [1.54, 1.807) is 0 Å². The second-order valence-electron chi connectivity index (χ2n) is 5.40. The average molecular weight is 306 g/mol. The highest BCUT2D eigenvalue weighted by molar-refractivity contribution is 6.31. The van der Waals surface area contributed by atoms with Gasteiger partial charge < -0.3 is 4.90 Å². The van der Waals surface area contributed by atoms with Crippen LogP contribution in [-0.4, -0.2) is 47.9 Å². The molecule has 0 unspecified atom stereocenters. The van der Waals surface area contributed by atoms with Crippen LogP contribution in [0.4, 0.5) is 0 Å². The Morgan fingerprint density at radius 1 is 1.33 bits per heavy atom. The first-order chi connectivity index (χ1) is 10.1. The van der Waals surface area contributed by atoms with Crippen molar-refractivity contribution in [3.05, 3.63) is 34.9 Å². The van der Waals surface area contributed by atoms with Crippen molar-refractivity contribution < 1.29 is 4.79 Å². The van der Waals surface area contributed by atoms with Crippen molar-refractivity contribution in [3.8, 4) is 6.07 Å². The highest BCUT2D eigenvalue weighted by Crippen LogP contribution is 2.17. The highest BCUT2D eigenvalue weighted by Gasteiger charge is 2.24. The molecule has 1 aromatic rings. The fourth-order valence-corrected chi connectivity index (χ4v) is 2.79. The van der Waals surface area contributed by atoms with Crippen molar-refractivity contribution in [2.45, 2.75) is 25.8 Å². The Balaban J connectivity index is 1.86. The van der Waals surface area contributed by atoms with Crippen LogP contribution >= 0.6 is 11.6 Å². The molecule has 0 N–H and O–H groups in total. The summed E-state index contributed by atoms with van der Waals surface area (Å²) in [6.45, 7) is 5.16. The van der Waals surface area contributed by atoms with Gasteiger partial charge in [-0.15, -0.1) is 0 Å². The molecule has 1 aliphatic rings. The third-order valence-electron chi connectivity index (χ3n) is 3.98. The summed E-state index contributed by atoms with van der Waals surface area (Å²) in [4.78, 5) is 16.5. The minimum Gasteiger partial charge on any atom is -0.340 e. The smallest absolute Gasteiger partial charge is 0.227 e. The van der Waals surface area contributed by atoms with E-state index < -0.39 is 0 Å². The molecular formula is C16H20ClN3O. The van der Waals surface area contributed by atoms with Gasteiger partial charge in [0.1, 0.15) is 0 Å². The Morgan fingerprint density at radius 2 is 2.00 bits per heavy atom. The summed E-state index contributed by atoms with van der Waals surface area (Å²) in [7, 11) is 0. The topological polar surface area (TPSA) is 47.3 Å². The summed E-state index contributed by atoms with van der Waals surface area (Å²) < 4.78 is 0. The van der Waals surface area contributed by atoms with E-state index in [-0.39, 0.29) is 11.9 Å². The molecule has 5 heteroatoms. The second-order valence-corrected chi connectivity index (χ2v) is 5.80. The van der Waals surface area contributed by atoms with E-state index in [9.17, 15) is 4.79 Å². The van der Waals surface area contributed by atoms with E-state index in [2.05, 4.69) is 17.9 Å². The molecule has 112 valence electrons. The number of nitrogens with zero attached hydrogens (tertiary/aromatic N) is 3. The lowest BCUT2D eigenvalue weighted by Crippen LogP contribution is -2.51. The Kier molecular flexibility index (Phi) is 5.60. The van der Waals surface area contributed by atoms with Gasteiger partial charge in [-0.05, 0) is 18.6 Å². The maximum absolute atomic E-state index is 12.3. The van der Waals surface area contributed by atoms with E-state index in [0.29, 0.717) is 17.9 Å². The molecule has 1 heterocycles. The maximum Gasteiger partial charge on any atom is 0.227 e. The molecule has 4 nitrogen and oxygen atoms in total. The van der Waals surface area contributed by atoms with Crippen LogP contribution < -0.4 is 0 Å². The SMILES string of the molecule is C[C@@H](CC#N)N1CCN(C(=O)Cc2ccccc2Cl)CC1. The Hall–Kier alpha value is -1.57. The zero-order chi connectivity index (χ0) is 15.2. The number of piperazine rings is 1. The summed E-state index contributed by atoms with van der Waals surface area (Å²) in [5.41, 5.74) is 0.879. The average Bonchev–Trinajstić information content (AvgIpc) is 2.50. The van der Waals surface area contributed by atoms with E-state index >= 15 is 0 Å². The van der Waals surface area contributed by atoms with E-state index in [1.165, 1.54) is 0 Å². The first kappa shape index (κ1) is 15.8. The molecule has 2 rings (SSSR count). The molecule has 1 aliphatic heterocycles. The van der Waals surface area contributed by atoms with Crippen molar-refractivity contribution in [1.82, 2.24) is 9.80 Å². The molecule has 1 atom stereocenters. The van der Waals surface area contributed by atoms with E-state index in [4.69, 9.17) is 16.9 Å². The van der Waals surface area contributed by atoms with Crippen LogP contribution in [0.1, 0.15) is 18.9 Å². The van der Waals surface area contributed by atoms with Gasteiger partial charge in [-0.2, -0.15) is 5.26 Å². The summed E-state index contributed by atoms with van der Waals surface area (Å²) in [5, 5.41) is 9.39. The predicted octanol–water partition coefficient (Wildman–Crippen LogP) is 2.33. The predicted molar refractivity (Wildman–Crippen MR) is 83.0 cm³/mol. The molecular weight excluding hydrogens is 286 g/mol. The zero-order valence-corrected chi connectivity index (χ0v) is 13.0. The van der Waals surface area contributed by atoms with Crippen molar-refractivity contribution >= 4 is 17.5 Å². The number of rotatable bonds is 4. The molecule has 21 heavy (non-hydrogen) atoms. The second kappa shape index (κ2) is 7.44. The number of benzene rings is 1. The molecule has 0 aromatic heterocycles. The van der Waals surface area contributed by atoms with Crippen LogP contribution in [0.25, 0.3) is 0 Å². The first-order valence-corrected chi connectivity index (χ1v) is 7.62. The Labute approximate surface area is 130 Å². The Morgan fingerprint density at radius 3 is 2.62 bits per heavy atom. The van der Waals surface area contributed by atoms with E-state index in [1.807, 2.05) is 29.2 Å². The molecule has 1 saturated heterocycles. The summed E-state index contributed by atoms with van der Waals surface area (Å²) in [5.74, 6) is 0.121. The van der Waals surface area contributed by atoms with Crippen LogP contribution in [0, 0.1) is 11.3 Å².